The quantitative estimate of drug-likeness (QED) is 0.874. The first kappa shape index (κ1) is 14.4. The molecule has 2 N–H and O–H groups in total. The fourth-order valence-corrected chi connectivity index (χ4v) is 5.05. The van der Waals surface area contributed by atoms with Crippen molar-refractivity contribution in [1.82, 2.24) is 0 Å². The largest absolute Gasteiger partial charge is 0.384 e. The molecule has 1 aromatic rings. The van der Waals surface area contributed by atoms with Gasteiger partial charge in [0.1, 0.15) is 5.82 Å². The van der Waals surface area contributed by atoms with E-state index < -0.39 is 20.5 Å². The van der Waals surface area contributed by atoms with Crippen LogP contribution in [0.25, 0.3) is 0 Å². The summed E-state index contributed by atoms with van der Waals surface area (Å²) in [4.78, 5) is 0. The Labute approximate surface area is 112 Å². The van der Waals surface area contributed by atoms with E-state index in [0.29, 0.717) is 0 Å². The molecule has 19 heavy (non-hydrogen) atoms. The minimum absolute atomic E-state index is 0.223. The highest BCUT2D eigenvalue weighted by Gasteiger charge is 2.69. The van der Waals surface area contributed by atoms with Gasteiger partial charge >= 0.3 is 0 Å². The molecule has 1 aliphatic rings. The second-order valence-corrected chi connectivity index (χ2v) is 7.32. The van der Waals surface area contributed by atoms with Crippen LogP contribution in [0.2, 0.25) is 0 Å². The summed E-state index contributed by atoms with van der Waals surface area (Å²) in [6, 6.07) is 5.90. The maximum absolute atomic E-state index is 13.0. The summed E-state index contributed by atoms with van der Waals surface area (Å²) in [5.74, 6) is -0.571. The van der Waals surface area contributed by atoms with E-state index in [0.717, 1.165) is 5.56 Å². The van der Waals surface area contributed by atoms with Gasteiger partial charge in [-0.2, -0.15) is 0 Å². The van der Waals surface area contributed by atoms with Crippen molar-refractivity contribution in [2.75, 3.05) is 26.5 Å². The Kier molecular flexibility index (Phi) is 3.68. The third-order valence-corrected chi connectivity index (χ3v) is 5.53. The van der Waals surface area contributed by atoms with E-state index in [4.69, 9.17) is 10.5 Å². The number of sulfone groups is 1. The molecule has 6 heteroatoms. The van der Waals surface area contributed by atoms with Crippen molar-refractivity contribution in [3.05, 3.63) is 35.6 Å². The minimum atomic E-state index is -3.23. The lowest BCUT2D eigenvalue weighted by molar-refractivity contribution is 0.142. The van der Waals surface area contributed by atoms with Crippen LogP contribution in [0.1, 0.15) is 11.5 Å². The van der Waals surface area contributed by atoms with E-state index in [-0.39, 0.29) is 24.9 Å². The van der Waals surface area contributed by atoms with Crippen molar-refractivity contribution in [3.8, 4) is 0 Å². The first-order valence-corrected chi connectivity index (χ1v) is 7.95. The van der Waals surface area contributed by atoms with Crippen LogP contribution < -0.4 is 5.73 Å². The van der Waals surface area contributed by atoms with Crippen LogP contribution in [-0.2, 0) is 14.6 Å². The Morgan fingerprint density at radius 1 is 1.37 bits per heavy atom. The third kappa shape index (κ3) is 2.40. The fraction of sp³-hybridized carbons (Fsp3) is 0.538. The second-order valence-electron chi connectivity index (χ2n) is 5.15. The lowest BCUT2D eigenvalue weighted by Crippen LogP contribution is -2.28. The molecule has 0 saturated heterocycles. The normalized spacial score (nSPS) is 30.3. The molecule has 1 saturated carbocycles. The number of hydrogen-bond acceptors (Lipinski definition) is 4. The van der Waals surface area contributed by atoms with Gasteiger partial charge in [0.05, 0.1) is 11.9 Å². The van der Waals surface area contributed by atoms with Gasteiger partial charge < -0.3 is 10.5 Å². The van der Waals surface area contributed by atoms with Crippen molar-refractivity contribution in [2.45, 2.75) is 11.2 Å². The van der Waals surface area contributed by atoms with Crippen LogP contribution in [0.4, 0.5) is 4.39 Å². The van der Waals surface area contributed by atoms with Gasteiger partial charge in [0.15, 0.2) is 9.84 Å². The number of ether oxygens (including phenoxy) is 1. The van der Waals surface area contributed by atoms with E-state index in [1.807, 2.05) is 0 Å². The Balaban J connectivity index is 2.40. The zero-order chi connectivity index (χ0) is 14.3. The zero-order valence-corrected chi connectivity index (χ0v) is 11.8. The molecule has 106 valence electrons. The highest BCUT2D eigenvalue weighted by Crippen LogP contribution is 2.62. The highest BCUT2D eigenvalue weighted by atomic mass is 32.2. The summed E-state index contributed by atoms with van der Waals surface area (Å²) in [5.41, 5.74) is 5.98. The standard InChI is InChI=1S/C13H18FNO3S/c1-18-8-13(7-15)11(12(13)19(2,16)17)9-3-5-10(14)6-4-9/h3-6,11-12H,7-8,15H2,1-2H3/t11-,12+,13+/m0/s1. The maximum atomic E-state index is 13.0. The first-order valence-electron chi connectivity index (χ1n) is 6.00. The van der Waals surface area contributed by atoms with Gasteiger partial charge in [0.25, 0.3) is 0 Å². The summed E-state index contributed by atoms with van der Waals surface area (Å²) in [5, 5.41) is -0.560. The van der Waals surface area contributed by atoms with Gasteiger partial charge in [-0.25, -0.2) is 12.8 Å². The average molecular weight is 287 g/mol. The Hall–Kier alpha value is -0.980. The molecule has 3 atom stereocenters. The van der Waals surface area contributed by atoms with Gasteiger partial charge in [-0.05, 0) is 17.7 Å². The van der Waals surface area contributed by atoms with Gasteiger partial charge in [0, 0.05) is 31.2 Å². The number of halogens is 1. The molecule has 0 aromatic heterocycles. The summed E-state index contributed by atoms with van der Waals surface area (Å²) in [6.07, 6.45) is 1.21. The van der Waals surface area contributed by atoms with Crippen molar-refractivity contribution >= 4 is 9.84 Å². The molecular formula is C13H18FNO3S. The van der Waals surface area contributed by atoms with Crippen molar-refractivity contribution in [3.63, 3.8) is 0 Å². The van der Waals surface area contributed by atoms with Crippen LogP contribution in [-0.4, -0.2) is 40.2 Å². The number of benzene rings is 1. The van der Waals surface area contributed by atoms with E-state index >= 15 is 0 Å². The summed E-state index contributed by atoms with van der Waals surface area (Å²) in [7, 11) is -1.71. The molecule has 0 aliphatic heterocycles. The highest BCUT2D eigenvalue weighted by molar-refractivity contribution is 7.91. The fourth-order valence-electron chi connectivity index (χ4n) is 3.05. The molecule has 0 bridgehead atoms. The smallest absolute Gasteiger partial charge is 0.151 e. The summed E-state index contributed by atoms with van der Waals surface area (Å²) in [6.45, 7) is 0.504. The molecule has 4 nitrogen and oxygen atoms in total. The van der Waals surface area contributed by atoms with E-state index in [2.05, 4.69) is 0 Å². The Morgan fingerprint density at radius 3 is 2.37 bits per heavy atom. The van der Waals surface area contributed by atoms with Crippen LogP contribution in [0.3, 0.4) is 0 Å². The molecule has 1 fully saturated rings. The first-order chi connectivity index (χ1) is 8.86. The SMILES string of the molecule is COC[C@@]1(CN)[C@H](S(C)(=O)=O)[C@@H]1c1ccc(F)cc1. The molecule has 0 spiro atoms. The molecule has 0 unspecified atom stereocenters. The lowest BCUT2D eigenvalue weighted by atomic mass is 10.00. The third-order valence-electron chi connectivity index (χ3n) is 3.86. The molecule has 1 aromatic carbocycles. The summed E-state index contributed by atoms with van der Waals surface area (Å²) < 4.78 is 41.9. The van der Waals surface area contributed by atoms with Crippen LogP contribution in [0.5, 0.6) is 0 Å². The number of methoxy groups -OCH3 is 1. The summed E-state index contributed by atoms with van der Waals surface area (Å²) >= 11 is 0. The minimum Gasteiger partial charge on any atom is -0.384 e. The van der Waals surface area contributed by atoms with Crippen molar-refractivity contribution in [1.29, 1.82) is 0 Å². The molecule has 0 radical (unpaired) electrons. The van der Waals surface area contributed by atoms with Gasteiger partial charge in [-0.15, -0.1) is 0 Å². The van der Waals surface area contributed by atoms with Crippen LogP contribution in [0.15, 0.2) is 24.3 Å². The number of rotatable bonds is 5. The topological polar surface area (TPSA) is 69.4 Å². The predicted molar refractivity (Wildman–Crippen MR) is 71.1 cm³/mol. The van der Waals surface area contributed by atoms with E-state index in [9.17, 15) is 12.8 Å². The Morgan fingerprint density at radius 2 is 1.95 bits per heavy atom. The predicted octanol–water partition coefficient (Wildman–Crippen LogP) is 0.928. The zero-order valence-electron chi connectivity index (χ0n) is 11.0. The van der Waals surface area contributed by atoms with Gasteiger partial charge in [-0.1, -0.05) is 12.1 Å². The van der Waals surface area contributed by atoms with Crippen LogP contribution in [0, 0.1) is 11.2 Å². The van der Waals surface area contributed by atoms with Crippen molar-refractivity contribution < 1.29 is 17.5 Å². The molecule has 2 rings (SSSR count). The van der Waals surface area contributed by atoms with Gasteiger partial charge in [-0.3, -0.25) is 0 Å². The average Bonchev–Trinajstić information content (AvgIpc) is 3.00. The molecular weight excluding hydrogens is 269 g/mol. The van der Waals surface area contributed by atoms with E-state index in [1.54, 1.807) is 12.1 Å². The maximum Gasteiger partial charge on any atom is 0.151 e. The molecule has 0 heterocycles. The van der Waals surface area contributed by atoms with E-state index in [1.165, 1.54) is 25.5 Å². The van der Waals surface area contributed by atoms with Crippen molar-refractivity contribution in [2.24, 2.45) is 11.1 Å². The second kappa shape index (κ2) is 4.85. The number of nitrogens with two attached hydrogens (primary N) is 1. The Bertz CT molecular complexity index is 558. The van der Waals surface area contributed by atoms with Gasteiger partial charge in [0.2, 0.25) is 0 Å². The number of hydrogen-bond donors (Lipinski definition) is 1. The monoisotopic (exact) mass is 287 g/mol. The van der Waals surface area contributed by atoms with Crippen LogP contribution >= 0.6 is 0 Å². The molecule has 1 aliphatic carbocycles. The molecule has 0 amide bonds. The lowest BCUT2D eigenvalue weighted by Gasteiger charge is -2.14.